The molecule has 0 radical (unpaired) electrons. The largest absolute Gasteiger partial charge is 0.308 e. The number of benzene rings is 6. The number of fused-ring (bicyclic) bond motifs is 10. The highest BCUT2D eigenvalue weighted by Crippen LogP contribution is 2.44. The maximum atomic E-state index is 2.50. The summed E-state index contributed by atoms with van der Waals surface area (Å²) in [7, 11) is 0. The van der Waals surface area contributed by atoms with Gasteiger partial charge in [0.2, 0.25) is 0 Å². The van der Waals surface area contributed by atoms with E-state index in [4.69, 9.17) is 0 Å². The van der Waals surface area contributed by atoms with E-state index in [-0.39, 0.29) is 0 Å². The van der Waals surface area contributed by atoms with Crippen molar-refractivity contribution in [3.63, 3.8) is 0 Å². The van der Waals surface area contributed by atoms with Crippen molar-refractivity contribution in [2.24, 2.45) is 0 Å². The van der Waals surface area contributed by atoms with Gasteiger partial charge in [0.05, 0.1) is 16.7 Å². The minimum Gasteiger partial charge on any atom is -0.308 e. The van der Waals surface area contributed by atoms with Gasteiger partial charge in [-0.2, -0.15) is 0 Å². The monoisotopic (exact) mass is 469 g/mol. The molecule has 0 fully saturated rings. The van der Waals surface area contributed by atoms with Crippen LogP contribution in [0.25, 0.3) is 71.1 Å². The molecular formula is C36H23N. The SMILES string of the molecule is c1ccc(-c2cc(-c3ccccc3)n3c4ccc5ccccc5c4c4c5ccccc5ccc4c23)cc1. The fourth-order valence-corrected chi connectivity index (χ4v) is 6.13. The van der Waals surface area contributed by atoms with Crippen LogP contribution in [0.5, 0.6) is 0 Å². The molecule has 0 amide bonds. The first-order valence-corrected chi connectivity index (χ1v) is 12.8. The van der Waals surface area contributed by atoms with Gasteiger partial charge in [-0.25, -0.2) is 0 Å². The third-order valence-corrected chi connectivity index (χ3v) is 7.74. The van der Waals surface area contributed by atoms with Gasteiger partial charge in [-0.1, -0.05) is 127 Å². The number of hydrogen-bond donors (Lipinski definition) is 0. The molecule has 37 heavy (non-hydrogen) atoms. The maximum Gasteiger partial charge on any atom is 0.0620 e. The lowest BCUT2D eigenvalue weighted by Gasteiger charge is -2.16. The summed E-state index contributed by atoms with van der Waals surface area (Å²) in [6.45, 7) is 0. The Morgan fingerprint density at radius 1 is 0.405 bits per heavy atom. The molecule has 0 spiro atoms. The van der Waals surface area contributed by atoms with E-state index >= 15 is 0 Å². The van der Waals surface area contributed by atoms with Crippen LogP contribution >= 0.6 is 0 Å². The van der Waals surface area contributed by atoms with E-state index in [1.54, 1.807) is 0 Å². The van der Waals surface area contributed by atoms with Gasteiger partial charge in [-0.3, -0.25) is 0 Å². The molecule has 0 aliphatic heterocycles. The molecule has 1 nitrogen and oxygen atoms in total. The molecule has 0 saturated heterocycles. The van der Waals surface area contributed by atoms with Crippen LogP contribution in [0.1, 0.15) is 0 Å². The zero-order chi connectivity index (χ0) is 24.3. The number of aromatic nitrogens is 1. The zero-order valence-electron chi connectivity index (χ0n) is 20.2. The van der Waals surface area contributed by atoms with E-state index in [1.165, 1.54) is 71.1 Å². The highest BCUT2D eigenvalue weighted by atomic mass is 14.9. The predicted molar refractivity (Wildman–Crippen MR) is 158 cm³/mol. The predicted octanol–water partition coefficient (Wildman–Crippen LogP) is 9.89. The number of hydrogen-bond acceptors (Lipinski definition) is 0. The van der Waals surface area contributed by atoms with E-state index in [0.717, 1.165) is 0 Å². The number of rotatable bonds is 2. The van der Waals surface area contributed by atoms with Gasteiger partial charge >= 0.3 is 0 Å². The average molecular weight is 470 g/mol. The third-order valence-electron chi connectivity index (χ3n) is 7.74. The van der Waals surface area contributed by atoms with Gasteiger partial charge in [0.25, 0.3) is 0 Å². The van der Waals surface area contributed by atoms with E-state index in [0.29, 0.717) is 0 Å². The van der Waals surface area contributed by atoms with Crippen molar-refractivity contribution in [1.82, 2.24) is 4.40 Å². The molecule has 0 bridgehead atoms. The highest BCUT2D eigenvalue weighted by Gasteiger charge is 2.20. The third kappa shape index (κ3) is 2.92. The van der Waals surface area contributed by atoms with Crippen LogP contribution < -0.4 is 0 Å². The van der Waals surface area contributed by atoms with Gasteiger partial charge in [-0.05, 0) is 44.8 Å². The van der Waals surface area contributed by atoms with E-state index < -0.39 is 0 Å². The molecule has 2 heterocycles. The minimum atomic E-state index is 1.21. The van der Waals surface area contributed by atoms with Crippen LogP contribution in [0.15, 0.2) is 140 Å². The number of pyridine rings is 1. The van der Waals surface area contributed by atoms with Crippen LogP contribution in [-0.4, -0.2) is 4.40 Å². The summed E-state index contributed by atoms with van der Waals surface area (Å²) >= 11 is 0. The standard InChI is InChI=1S/C36H23N/c1-3-11-24(12-4-1)31-23-33(27-15-5-2-6-16-27)37-32-22-20-26-14-8-10-18-29(26)35(32)34-28-17-9-7-13-25(28)19-21-30(34)36(31)37/h1-23H. The second-order valence-corrected chi connectivity index (χ2v) is 9.75. The van der Waals surface area contributed by atoms with Crippen molar-refractivity contribution in [3.05, 3.63) is 140 Å². The van der Waals surface area contributed by atoms with Gasteiger partial charge < -0.3 is 4.40 Å². The lowest BCUT2D eigenvalue weighted by atomic mass is 9.93. The Kier molecular flexibility index (Phi) is 4.29. The molecule has 0 N–H and O–H groups in total. The molecule has 0 aliphatic carbocycles. The molecule has 0 aliphatic rings. The van der Waals surface area contributed by atoms with Crippen molar-refractivity contribution < 1.29 is 0 Å². The molecular weight excluding hydrogens is 446 g/mol. The van der Waals surface area contributed by atoms with Crippen LogP contribution in [-0.2, 0) is 0 Å². The first kappa shape index (κ1) is 20.3. The first-order valence-electron chi connectivity index (χ1n) is 12.8. The molecule has 0 saturated carbocycles. The molecule has 0 atom stereocenters. The highest BCUT2D eigenvalue weighted by molar-refractivity contribution is 6.31. The summed E-state index contributed by atoms with van der Waals surface area (Å²) in [6, 6.07) is 50.7. The van der Waals surface area contributed by atoms with Crippen LogP contribution in [0, 0.1) is 0 Å². The van der Waals surface area contributed by atoms with Gasteiger partial charge in [-0.15, -0.1) is 0 Å². The summed E-state index contributed by atoms with van der Waals surface area (Å²) in [6.07, 6.45) is 0. The first-order chi connectivity index (χ1) is 18.4. The fourth-order valence-electron chi connectivity index (χ4n) is 6.13. The quantitative estimate of drug-likeness (QED) is 0.222. The van der Waals surface area contributed by atoms with Crippen molar-refractivity contribution >= 4 is 48.7 Å². The number of nitrogens with zero attached hydrogens (tertiary/aromatic N) is 1. The Morgan fingerprint density at radius 2 is 0.973 bits per heavy atom. The summed E-state index contributed by atoms with van der Waals surface area (Å²) in [5, 5.41) is 9.04. The van der Waals surface area contributed by atoms with Gasteiger partial charge in [0, 0.05) is 21.7 Å². The van der Waals surface area contributed by atoms with Crippen molar-refractivity contribution in [1.29, 1.82) is 0 Å². The Balaban J connectivity index is 1.72. The van der Waals surface area contributed by atoms with E-state index in [9.17, 15) is 0 Å². The lowest BCUT2D eigenvalue weighted by Crippen LogP contribution is -1.95. The molecule has 1 heteroatoms. The average Bonchev–Trinajstić information content (AvgIpc) is 3.39. The van der Waals surface area contributed by atoms with Crippen LogP contribution in [0.2, 0.25) is 0 Å². The zero-order valence-corrected chi connectivity index (χ0v) is 20.2. The van der Waals surface area contributed by atoms with E-state index in [2.05, 4.69) is 144 Å². The molecule has 2 aromatic heterocycles. The fraction of sp³-hybridized carbons (Fsp3) is 0. The molecule has 6 aromatic carbocycles. The van der Waals surface area contributed by atoms with Crippen LogP contribution in [0.4, 0.5) is 0 Å². The van der Waals surface area contributed by atoms with Crippen LogP contribution in [0.3, 0.4) is 0 Å². The maximum absolute atomic E-state index is 2.50. The van der Waals surface area contributed by atoms with Gasteiger partial charge in [0.1, 0.15) is 0 Å². The molecule has 8 rings (SSSR count). The summed E-state index contributed by atoms with van der Waals surface area (Å²) in [4.78, 5) is 0. The molecule has 8 aromatic rings. The molecule has 0 unspecified atom stereocenters. The summed E-state index contributed by atoms with van der Waals surface area (Å²) < 4.78 is 2.50. The van der Waals surface area contributed by atoms with Gasteiger partial charge in [0.15, 0.2) is 0 Å². The summed E-state index contributed by atoms with van der Waals surface area (Å²) in [5.41, 5.74) is 7.41. The van der Waals surface area contributed by atoms with E-state index in [1.807, 2.05) is 0 Å². The second kappa shape index (κ2) is 7.81. The van der Waals surface area contributed by atoms with Crippen molar-refractivity contribution in [3.8, 4) is 22.4 Å². The summed E-state index contributed by atoms with van der Waals surface area (Å²) in [5.74, 6) is 0. The Hall–Kier alpha value is -4.88. The molecule has 172 valence electrons. The smallest absolute Gasteiger partial charge is 0.0620 e. The Labute approximate surface area is 214 Å². The normalized spacial score (nSPS) is 11.8. The Morgan fingerprint density at radius 3 is 1.68 bits per heavy atom. The minimum absolute atomic E-state index is 1.21. The topological polar surface area (TPSA) is 4.41 Å². The second-order valence-electron chi connectivity index (χ2n) is 9.75. The Bertz CT molecular complexity index is 1960. The lowest BCUT2D eigenvalue weighted by molar-refractivity contribution is 1.29. The van der Waals surface area contributed by atoms with Crippen molar-refractivity contribution in [2.75, 3.05) is 0 Å². The van der Waals surface area contributed by atoms with Crippen molar-refractivity contribution in [2.45, 2.75) is 0 Å².